The van der Waals surface area contributed by atoms with Crippen LogP contribution >= 0.6 is 0 Å². The number of Topliss-reactive ketones (excluding diaryl/α,β-unsaturated/α-hetero) is 2. The average molecular weight is 565 g/mol. The van der Waals surface area contributed by atoms with Crippen LogP contribution in [0.5, 0.6) is 17.2 Å². The van der Waals surface area contributed by atoms with Crippen LogP contribution in [-0.2, 0) is 14.4 Å². The van der Waals surface area contributed by atoms with E-state index in [1.165, 1.54) is 19.0 Å². The highest BCUT2D eigenvalue weighted by Crippen LogP contribution is 2.57. The van der Waals surface area contributed by atoms with Crippen molar-refractivity contribution in [2.75, 3.05) is 20.9 Å². The molecule has 0 saturated heterocycles. The molecule has 1 heterocycles. The van der Waals surface area contributed by atoms with Gasteiger partial charge in [0.2, 0.25) is 12.6 Å². The Bertz CT molecular complexity index is 1630. The van der Waals surface area contributed by atoms with Crippen LogP contribution in [-0.4, -0.2) is 86.5 Å². The zero-order valence-electron chi connectivity index (χ0n) is 22.3. The zero-order chi connectivity index (χ0) is 29.7. The Labute approximate surface area is 233 Å². The molecule has 0 spiro atoms. The van der Waals surface area contributed by atoms with E-state index < -0.39 is 75.6 Å². The van der Waals surface area contributed by atoms with E-state index in [-0.39, 0.29) is 18.1 Å². The fourth-order valence-corrected chi connectivity index (χ4v) is 6.91. The third-order valence-electron chi connectivity index (χ3n) is 8.81. The van der Waals surface area contributed by atoms with Crippen LogP contribution in [0.1, 0.15) is 24.0 Å². The molecule has 2 aromatic rings. The summed E-state index contributed by atoms with van der Waals surface area (Å²) >= 11 is 0. The van der Waals surface area contributed by atoms with Gasteiger partial charge in [0, 0.05) is 17.1 Å². The van der Waals surface area contributed by atoms with Crippen LogP contribution in [0.15, 0.2) is 47.2 Å². The van der Waals surface area contributed by atoms with Gasteiger partial charge < -0.3 is 40.7 Å². The molecule has 12 nitrogen and oxygen atoms in total. The Kier molecular flexibility index (Phi) is 5.76. The van der Waals surface area contributed by atoms with Crippen molar-refractivity contribution in [2.45, 2.75) is 30.6 Å². The van der Waals surface area contributed by atoms with Gasteiger partial charge in [0.1, 0.15) is 22.8 Å². The smallest absolute Gasteiger partial charge is 0.255 e. The molecule has 6 rings (SSSR count). The standard InChI is InChI=1S/C29H28N2O10/c1-10-12-5-6-13(11-4-7-14-15(8-11)41-9-40-14)22(32)17(12)23(33)18-16(10)24(34)20-21(31(2)3)25(35)19(28(30)38)27(37)29(20,39)26(18)36/h4-8,10,16,20-21,24,32-34,37,39H,9H2,1-3H3,(H2,30,38)/t10?,16-,20-,21+,24+,29+/m1/s1. The van der Waals surface area contributed by atoms with Crippen LogP contribution < -0.4 is 15.2 Å². The van der Waals surface area contributed by atoms with Gasteiger partial charge in [-0.3, -0.25) is 19.3 Å². The molecule has 3 aliphatic carbocycles. The van der Waals surface area contributed by atoms with Gasteiger partial charge in [0.25, 0.3) is 5.91 Å². The summed E-state index contributed by atoms with van der Waals surface area (Å²) in [6, 6.07) is 6.89. The highest BCUT2D eigenvalue weighted by Gasteiger charge is 2.68. The second-order valence-corrected chi connectivity index (χ2v) is 11.0. The number of ketones is 2. The van der Waals surface area contributed by atoms with Gasteiger partial charge in [-0.25, -0.2) is 0 Å². The van der Waals surface area contributed by atoms with Crippen molar-refractivity contribution in [3.63, 3.8) is 0 Å². The highest BCUT2D eigenvalue weighted by atomic mass is 16.7. The zero-order valence-corrected chi connectivity index (χ0v) is 22.3. The summed E-state index contributed by atoms with van der Waals surface area (Å²) in [7, 11) is 2.92. The topological polar surface area (TPSA) is 200 Å². The minimum absolute atomic E-state index is 0.0497. The number of nitrogens with zero attached hydrogens (tertiary/aromatic N) is 1. The van der Waals surface area contributed by atoms with Crippen LogP contribution in [0.2, 0.25) is 0 Å². The molecule has 4 aliphatic rings. The first-order chi connectivity index (χ1) is 19.3. The van der Waals surface area contributed by atoms with Crippen molar-refractivity contribution < 1.29 is 49.4 Å². The maximum absolute atomic E-state index is 14.1. The average Bonchev–Trinajstić information content (AvgIpc) is 3.38. The summed E-state index contributed by atoms with van der Waals surface area (Å²) < 4.78 is 10.8. The SMILES string of the molecule is CC1c2ccc(-c3ccc4c(c3)OCO4)c(O)c2C(O)=C2C(=O)[C@]3(O)C(O)=C(C(N)=O)C(=O)[C@@H](N(C)C)[C@@H]3[C@@H](O)[C@@H]21. The first-order valence-electron chi connectivity index (χ1n) is 12.9. The van der Waals surface area contributed by atoms with Gasteiger partial charge in [-0.2, -0.15) is 0 Å². The Morgan fingerprint density at radius 2 is 1.76 bits per heavy atom. The number of phenols is 1. The number of benzene rings is 2. The van der Waals surface area contributed by atoms with Crippen LogP contribution in [0.25, 0.3) is 16.9 Å². The lowest BCUT2D eigenvalue weighted by Gasteiger charge is -2.53. The fraction of sp³-hybridized carbons (Fsp3) is 0.345. The van der Waals surface area contributed by atoms with E-state index in [1.807, 2.05) is 0 Å². The number of phenolic OH excluding ortho intramolecular Hbond substituents is 1. The van der Waals surface area contributed by atoms with E-state index in [0.717, 1.165) is 0 Å². The van der Waals surface area contributed by atoms with E-state index in [4.69, 9.17) is 15.2 Å². The number of primary amides is 1. The van der Waals surface area contributed by atoms with Crippen LogP contribution in [0.3, 0.4) is 0 Å². The second kappa shape index (κ2) is 8.80. The first-order valence-corrected chi connectivity index (χ1v) is 12.9. The number of nitrogens with two attached hydrogens (primary N) is 1. The number of carbonyl (C=O) groups excluding carboxylic acids is 3. The Morgan fingerprint density at radius 3 is 2.41 bits per heavy atom. The lowest BCUT2D eigenvalue weighted by atomic mass is 9.54. The predicted octanol–water partition coefficient (Wildman–Crippen LogP) is 0.891. The minimum atomic E-state index is -2.96. The van der Waals surface area contributed by atoms with Crippen LogP contribution in [0.4, 0.5) is 0 Å². The molecule has 1 fully saturated rings. The maximum Gasteiger partial charge on any atom is 0.255 e. The molecule has 41 heavy (non-hydrogen) atoms. The van der Waals surface area contributed by atoms with Gasteiger partial charge >= 0.3 is 0 Å². The lowest BCUT2D eigenvalue weighted by molar-refractivity contribution is -0.169. The molecular weight excluding hydrogens is 536 g/mol. The quantitative estimate of drug-likeness (QED) is 0.289. The van der Waals surface area contributed by atoms with Crippen molar-refractivity contribution in [1.82, 2.24) is 4.90 Å². The van der Waals surface area contributed by atoms with Crippen molar-refractivity contribution in [2.24, 2.45) is 17.6 Å². The lowest BCUT2D eigenvalue weighted by Crippen LogP contribution is -2.70. The number of ether oxygens (including phenoxy) is 2. The molecule has 7 N–H and O–H groups in total. The number of rotatable bonds is 3. The van der Waals surface area contributed by atoms with E-state index in [2.05, 4.69) is 0 Å². The van der Waals surface area contributed by atoms with E-state index in [9.17, 15) is 39.9 Å². The Morgan fingerprint density at radius 1 is 1.07 bits per heavy atom. The van der Waals surface area contributed by atoms with Gasteiger partial charge in [0.15, 0.2) is 22.9 Å². The van der Waals surface area contributed by atoms with Gasteiger partial charge in [-0.05, 0) is 43.3 Å². The molecule has 1 saturated carbocycles. The number of aliphatic hydroxyl groups is 4. The first kappa shape index (κ1) is 26.8. The van der Waals surface area contributed by atoms with Gasteiger partial charge in [0.05, 0.1) is 23.6 Å². The fourth-order valence-electron chi connectivity index (χ4n) is 6.91. The van der Waals surface area contributed by atoms with E-state index in [1.54, 1.807) is 37.3 Å². The molecular formula is C29H28N2O10. The number of fused-ring (bicyclic) bond motifs is 4. The molecule has 2 aromatic carbocycles. The summed E-state index contributed by atoms with van der Waals surface area (Å²) in [5.74, 6) is -8.31. The normalized spacial score (nSPS) is 30.3. The van der Waals surface area contributed by atoms with E-state index in [0.29, 0.717) is 28.2 Å². The third kappa shape index (κ3) is 3.35. The number of aromatic hydroxyl groups is 1. The van der Waals surface area contributed by atoms with Crippen molar-refractivity contribution in [3.8, 4) is 28.4 Å². The molecule has 1 unspecified atom stereocenters. The highest BCUT2D eigenvalue weighted by molar-refractivity contribution is 6.24. The maximum atomic E-state index is 14.1. The number of hydrogen-bond donors (Lipinski definition) is 6. The second-order valence-electron chi connectivity index (χ2n) is 11.0. The third-order valence-corrected chi connectivity index (χ3v) is 8.81. The largest absolute Gasteiger partial charge is 0.508 e. The van der Waals surface area contributed by atoms with Gasteiger partial charge in [-0.15, -0.1) is 0 Å². The Hall–Kier alpha value is -4.39. The summed E-state index contributed by atoms with van der Waals surface area (Å²) in [5.41, 5.74) is 2.14. The number of carbonyl (C=O) groups is 3. The van der Waals surface area contributed by atoms with E-state index >= 15 is 0 Å². The molecule has 1 amide bonds. The molecule has 1 aliphatic heterocycles. The van der Waals surface area contributed by atoms with Crippen molar-refractivity contribution in [1.29, 1.82) is 0 Å². The number of hydrogen-bond acceptors (Lipinski definition) is 11. The van der Waals surface area contributed by atoms with Crippen LogP contribution in [0, 0.1) is 11.8 Å². The summed E-state index contributed by atoms with van der Waals surface area (Å²) in [5, 5.41) is 57.4. The predicted molar refractivity (Wildman–Crippen MR) is 142 cm³/mol. The number of amides is 1. The molecule has 0 radical (unpaired) electrons. The van der Waals surface area contributed by atoms with Gasteiger partial charge in [-0.1, -0.05) is 25.1 Å². The molecule has 214 valence electrons. The Balaban J connectivity index is 1.57. The summed E-state index contributed by atoms with van der Waals surface area (Å²) in [6.45, 7) is 1.73. The monoisotopic (exact) mass is 564 g/mol. The van der Waals surface area contributed by atoms with Crippen molar-refractivity contribution >= 4 is 23.2 Å². The summed E-state index contributed by atoms with van der Waals surface area (Å²) in [4.78, 5) is 40.9. The molecule has 6 atom stereocenters. The minimum Gasteiger partial charge on any atom is -0.508 e. The molecule has 0 bridgehead atoms. The number of aliphatic hydroxyl groups excluding tert-OH is 3. The van der Waals surface area contributed by atoms with Crippen molar-refractivity contribution in [3.05, 3.63) is 58.4 Å². The molecule has 12 heteroatoms. The number of likely N-dealkylation sites (N-methyl/N-ethyl adjacent to an activating group) is 1. The molecule has 0 aromatic heterocycles. The summed E-state index contributed by atoms with van der Waals surface area (Å²) in [6.07, 6.45) is -1.65.